The quantitative estimate of drug-likeness (QED) is 0.850. The maximum Gasteiger partial charge on any atom is 0.0951 e. The number of imidazole rings is 1. The fourth-order valence-electron chi connectivity index (χ4n) is 2.34. The lowest BCUT2D eigenvalue weighted by Crippen LogP contribution is -2.35. The normalized spacial score (nSPS) is 18.2. The highest BCUT2D eigenvalue weighted by molar-refractivity contribution is 5.01. The first kappa shape index (κ1) is 11.6. The van der Waals surface area contributed by atoms with Gasteiger partial charge in [0.15, 0.2) is 0 Å². The van der Waals surface area contributed by atoms with Crippen LogP contribution in [0.4, 0.5) is 0 Å². The fraction of sp³-hybridized carbons (Fsp3) is 0.769. The third-order valence-corrected chi connectivity index (χ3v) is 3.26. The van der Waals surface area contributed by atoms with Gasteiger partial charge in [-0.05, 0) is 33.6 Å². The third kappa shape index (κ3) is 2.85. The maximum absolute atomic E-state index is 4.29. The van der Waals surface area contributed by atoms with E-state index in [9.17, 15) is 0 Å². The molecule has 1 N–H and O–H groups in total. The van der Waals surface area contributed by atoms with Gasteiger partial charge in [-0.15, -0.1) is 0 Å². The fourth-order valence-corrected chi connectivity index (χ4v) is 2.34. The Morgan fingerprint density at radius 1 is 1.38 bits per heavy atom. The summed E-state index contributed by atoms with van der Waals surface area (Å²) in [7, 11) is 0. The molecule has 0 atom stereocenters. The number of rotatable bonds is 3. The van der Waals surface area contributed by atoms with Gasteiger partial charge in [0.1, 0.15) is 0 Å². The molecule has 1 saturated carbocycles. The molecule has 0 radical (unpaired) electrons. The summed E-state index contributed by atoms with van der Waals surface area (Å²) in [5, 5.41) is 3.53. The van der Waals surface area contributed by atoms with Gasteiger partial charge in [0, 0.05) is 24.3 Å². The Hall–Kier alpha value is -0.830. The molecular formula is C13H23N3. The van der Waals surface area contributed by atoms with E-state index in [2.05, 4.69) is 35.6 Å². The third-order valence-electron chi connectivity index (χ3n) is 3.26. The molecule has 3 heteroatoms. The molecule has 1 aromatic rings. The van der Waals surface area contributed by atoms with E-state index in [-0.39, 0.29) is 5.54 Å². The summed E-state index contributed by atoms with van der Waals surface area (Å²) >= 11 is 0. The average molecular weight is 221 g/mol. The summed E-state index contributed by atoms with van der Waals surface area (Å²) in [6.45, 7) is 7.51. The summed E-state index contributed by atoms with van der Waals surface area (Å²) in [5.74, 6) is 0. The summed E-state index contributed by atoms with van der Waals surface area (Å²) in [6, 6.07) is 0.694. The highest BCUT2D eigenvalue weighted by Gasteiger charge is 2.19. The van der Waals surface area contributed by atoms with Gasteiger partial charge in [-0.3, -0.25) is 0 Å². The van der Waals surface area contributed by atoms with Crippen LogP contribution in [0.5, 0.6) is 0 Å². The van der Waals surface area contributed by atoms with Crippen molar-refractivity contribution in [3.05, 3.63) is 18.2 Å². The van der Waals surface area contributed by atoms with Gasteiger partial charge in [-0.25, -0.2) is 4.98 Å². The van der Waals surface area contributed by atoms with Gasteiger partial charge < -0.3 is 9.88 Å². The van der Waals surface area contributed by atoms with Crippen molar-refractivity contribution in [3.63, 3.8) is 0 Å². The molecular weight excluding hydrogens is 198 g/mol. The zero-order valence-corrected chi connectivity index (χ0v) is 10.7. The molecule has 3 nitrogen and oxygen atoms in total. The lowest BCUT2D eigenvalue weighted by molar-refractivity contribution is 0.406. The number of hydrogen-bond acceptors (Lipinski definition) is 2. The van der Waals surface area contributed by atoms with Gasteiger partial charge >= 0.3 is 0 Å². The van der Waals surface area contributed by atoms with Gasteiger partial charge in [-0.2, -0.15) is 0 Å². The van der Waals surface area contributed by atoms with Gasteiger partial charge in [-0.1, -0.05) is 12.8 Å². The Morgan fingerprint density at radius 3 is 2.69 bits per heavy atom. The van der Waals surface area contributed by atoms with Crippen LogP contribution in [0, 0.1) is 0 Å². The standard InChI is InChI=1S/C13H23N3/c1-13(2,3)15-9-12-8-14-10-16(12)11-6-4-5-7-11/h8,10-11,15H,4-7,9H2,1-3H3. The first-order valence-electron chi connectivity index (χ1n) is 6.32. The van der Waals surface area contributed by atoms with Crippen LogP contribution >= 0.6 is 0 Å². The first-order valence-corrected chi connectivity index (χ1v) is 6.32. The van der Waals surface area contributed by atoms with E-state index in [4.69, 9.17) is 0 Å². The van der Waals surface area contributed by atoms with Crippen LogP contribution in [-0.2, 0) is 6.54 Å². The zero-order valence-electron chi connectivity index (χ0n) is 10.7. The highest BCUT2D eigenvalue weighted by Crippen LogP contribution is 2.30. The van der Waals surface area contributed by atoms with Crippen LogP contribution in [0.15, 0.2) is 12.5 Å². The molecule has 0 unspecified atom stereocenters. The second-order valence-corrected chi connectivity index (χ2v) is 5.83. The lowest BCUT2D eigenvalue weighted by atomic mass is 10.1. The minimum Gasteiger partial charge on any atom is -0.330 e. The van der Waals surface area contributed by atoms with Gasteiger partial charge in [0.05, 0.1) is 12.0 Å². The molecule has 1 fully saturated rings. The molecule has 1 aliphatic rings. The van der Waals surface area contributed by atoms with Crippen molar-refractivity contribution in [1.82, 2.24) is 14.9 Å². The van der Waals surface area contributed by atoms with E-state index < -0.39 is 0 Å². The molecule has 90 valence electrons. The van der Waals surface area contributed by atoms with Crippen LogP contribution in [0.1, 0.15) is 58.2 Å². The van der Waals surface area contributed by atoms with Crippen molar-refractivity contribution in [2.75, 3.05) is 0 Å². The molecule has 0 saturated heterocycles. The first-order chi connectivity index (χ1) is 7.56. The van der Waals surface area contributed by atoms with Crippen molar-refractivity contribution < 1.29 is 0 Å². The minimum absolute atomic E-state index is 0.171. The Morgan fingerprint density at radius 2 is 2.06 bits per heavy atom. The van der Waals surface area contributed by atoms with E-state index in [1.165, 1.54) is 31.4 Å². The molecule has 0 spiro atoms. The van der Waals surface area contributed by atoms with Crippen LogP contribution in [0.25, 0.3) is 0 Å². The summed E-state index contributed by atoms with van der Waals surface area (Å²) in [6.07, 6.45) is 9.37. The smallest absolute Gasteiger partial charge is 0.0951 e. The number of hydrogen-bond donors (Lipinski definition) is 1. The predicted octanol–water partition coefficient (Wildman–Crippen LogP) is 2.89. The van der Waals surface area contributed by atoms with E-state index in [1.54, 1.807) is 0 Å². The summed E-state index contributed by atoms with van der Waals surface area (Å²) in [4.78, 5) is 4.29. The SMILES string of the molecule is CC(C)(C)NCc1cncn1C1CCCC1. The van der Waals surface area contributed by atoms with E-state index in [0.717, 1.165) is 6.54 Å². The van der Waals surface area contributed by atoms with Gasteiger partial charge in [0.25, 0.3) is 0 Å². The van der Waals surface area contributed by atoms with Crippen molar-refractivity contribution in [1.29, 1.82) is 0 Å². The number of aromatic nitrogens is 2. The molecule has 2 rings (SSSR count). The minimum atomic E-state index is 0.171. The Labute approximate surface area is 98.3 Å². The largest absolute Gasteiger partial charge is 0.330 e. The molecule has 16 heavy (non-hydrogen) atoms. The Kier molecular flexibility index (Phi) is 3.33. The molecule has 0 aromatic carbocycles. The molecule has 0 bridgehead atoms. The van der Waals surface area contributed by atoms with E-state index >= 15 is 0 Å². The van der Waals surface area contributed by atoms with Crippen LogP contribution in [0.2, 0.25) is 0 Å². The van der Waals surface area contributed by atoms with Crippen molar-refractivity contribution >= 4 is 0 Å². The second-order valence-electron chi connectivity index (χ2n) is 5.83. The lowest BCUT2D eigenvalue weighted by Gasteiger charge is -2.22. The van der Waals surface area contributed by atoms with E-state index in [1.807, 2.05) is 12.5 Å². The van der Waals surface area contributed by atoms with Crippen molar-refractivity contribution in [2.45, 2.75) is 64.6 Å². The molecule has 0 amide bonds. The molecule has 0 aliphatic heterocycles. The van der Waals surface area contributed by atoms with Crippen LogP contribution in [-0.4, -0.2) is 15.1 Å². The van der Waals surface area contributed by atoms with Crippen molar-refractivity contribution in [3.8, 4) is 0 Å². The van der Waals surface area contributed by atoms with Crippen LogP contribution in [0.3, 0.4) is 0 Å². The zero-order chi connectivity index (χ0) is 11.6. The Bertz CT molecular complexity index is 329. The average Bonchev–Trinajstić information content (AvgIpc) is 2.84. The van der Waals surface area contributed by atoms with Gasteiger partial charge in [0.2, 0.25) is 0 Å². The summed E-state index contributed by atoms with van der Waals surface area (Å²) in [5.41, 5.74) is 1.49. The predicted molar refractivity (Wildman–Crippen MR) is 66.3 cm³/mol. The van der Waals surface area contributed by atoms with Crippen molar-refractivity contribution in [2.24, 2.45) is 0 Å². The molecule has 1 aliphatic carbocycles. The highest BCUT2D eigenvalue weighted by atomic mass is 15.1. The topological polar surface area (TPSA) is 29.9 Å². The second kappa shape index (κ2) is 4.58. The number of nitrogens with one attached hydrogen (secondary N) is 1. The molecule has 1 heterocycles. The van der Waals surface area contributed by atoms with E-state index in [0.29, 0.717) is 6.04 Å². The summed E-state index contributed by atoms with van der Waals surface area (Å²) < 4.78 is 2.37. The number of nitrogens with zero attached hydrogens (tertiary/aromatic N) is 2. The molecule has 1 aromatic heterocycles. The Balaban J connectivity index is 2.01. The van der Waals surface area contributed by atoms with Crippen LogP contribution < -0.4 is 5.32 Å². The monoisotopic (exact) mass is 221 g/mol. The maximum atomic E-state index is 4.29.